The average Bonchev–Trinajstić information content (AvgIpc) is 2.46. The fourth-order valence-electron chi connectivity index (χ4n) is 1.93. The Morgan fingerprint density at radius 3 is 1.95 bits per heavy atom. The first-order valence-electron chi connectivity index (χ1n) is 6.26. The molecule has 102 valence electrons. The SMILES string of the molecule is O=C([O-])CN(C(=O)Cc1ccccc1)c1ccccc1.[Na+]. The summed E-state index contributed by atoms with van der Waals surface area (Å²) in [7, 11) is 0. The molecule has 5 heteroatoms. The Morgan fingerprint density at radius 2 is 1.43 bits per heavy atom. The molecular weight excluding hydrogens is 277 g/mol. The van der Waals surface area contributed by atoms with Crippen molar-refractivity contribution < 1.29 is 44.3 Å². The Kier molecular flexibility index (Phi) is 7.15. The van der Waals surface area contributed by atoms with Gasteiger partial charge in [-0.2, -0.15) is 0 Å². The zero-order valence-corrected chi connectivity index (χ0v) is 13.9. The maximum absolute atomic E-state index is 12.3. The van der Waals surface area contributed by atoms with Crippen LogP contribution in [0.3, 0.4) is 0 Å². The van der Waals surface area contributed by atoms with Gasteiger partial charge in [0.25, 0.3) is 0 Å². The number of amides is 1. The number of aliphatic carboxylic acids is 1. The van der Waals surface area contributed by atoms with Crippen LogP contribution < -0.4 is 39.6 Å². The summed E-state index contributed by atoms with van der Waals surface area (Å²) in [5.74, 6) is -1.55. The molecule has 2 aromatic rings. The average molecular weight is 291 g/mol. The minimum absolute atomic E-state index is 0. The molecule has 2 rings (SSSR count). The van der Waals surface area contributed by atoms with Crippen LogP contribution in [-0.4, -0.2) is 18.4 Å². The van der Waals surface area contributed by atoms with Crippen molar-refractivity contribution in [2.45, 2.75) is 6.42 Å². The van der Waals surface area contributed by atoms with E-state index in [0.717, 1.165) is 5.56 Å². The number of carbonyl (C=O) groups is 2. The molecular formula is C16H14NNaO3. The van der Waals surface area contributed by atoms with Gasteiger partial charge in [-0.05, 0) is 17.7 Å². The van der Waals surface area contributed by atoms with Crippen molar-refractivity contribution in [1.82, 2.24) is 0 Å². The Balaban J connectivity index is 0.00000220. The minimum Gasteiger partial charge on any atom is -0.548 e. The molecule has 0 N–H and O–H groups in total. The van der Waals surface area contributed by atoms with Gasteiger partial charge in [0.15, 0.2) is 0 Å². The number of hydrogen-bond donors (Lipinski definition) is 0. The quantitative estimate of drug-likeness (QED) is 0.600. The molecule has 4 nitrogen and oxygen atoms in total. The van der Waals surface area contributed by atoms with E-state index in [0.29, 0.717) is 5.69 Å². The molecule has 0 aliphatic heterocycles. The van der Waals surface area contributed by atoms with Crippen molar-refractivity contribution in [2.24, 2.45) is 0 Å². The van der Waals surface area contributed by atoms with E-state index in [2.05, 4.69) is 0 Å². The van der Waals surface area contributed by atoms with Gasteiger partial charge in [0.05, 0.1) is 18.9 Å². The van der Waals surface area contributed by atoms with Gasteiger partial charge >= 0.3 is 29.6 Å². The smallest absolute Gasteiger partial charge is 0.548 e. The number of nitrogens with zero attached hydrogens (tertiary/aromatic N) is 1. The van der Waals surface area contributed by atoms with Gasteiger partial charge < -0.3 is 14.8 Å². The number of carboxylic acid groups (broad SMARTS) is 1. The Hall–Kier alpha value is -1.62. The molecule has 0 fully saturated rings. The number of para-hydroxylation sites is 1. The van der Waals surface area contributed by atoms with E-state index in [1.807, 2.05) is 36.4 Å². The number of benzene rings is 2. The third kappa shape index (κ3) is 5.34. The molecule has 0 aliphatic carbocycles. The van der Waals surface area contributed by atoms with Crippen LogP contribution in [0.4, 0.5) is 5.69 Å². The summed E-state index contributed by atoms with van der Waals surface area (Å²) < 4.78 is 0. The van der Waals surface area contributed by atoms with Gasteiger partial charge in [-0.25, -0.2) is 0 Å². The third-order valence-corrected chi connectivity index (χ3v) is 2.85. The number of carboxylic acids is 1. The van der Waals surface area contributed by atoms with E-state index in [1.165, 1.54) is 4.90 Å². The first-order valence-corrected chi connectivity index (χ1v) is 6.26. The monoisotopic (exact) mass is 291 g/mol. The second-order valence-corrected chi connectivity index (χ2v) is 4.35. The predicted octanol–water partition coefficient (Wildman–Crippen LogP) is -1.98. The number of hydrogen-bond acceptors (Lipinski definition) is 3. The van der Waals surface area contributed by atoms with E-state index in [9.17, 15) is 14.7 Å². The van der Waals surface area contributed by atoms with Crippen molar-refractivity contribution >= 4 is 17.6 Å². The van der Waals surface area contributed by atoms with Crippen LogP contribution in [0.15, 0.2) is 60.7 Å². The largest absolute Gasteiger partial charge is 1.00 e. The van der Waals surface area contributed by atoms with Gasteiger partial charge in [-0.3, -0.25) is 4.79 Å². The topological polar surface area (TPSA) is 60.4 Å². The van der Waals surface area contributed by atoms with Crippen LogP contribution >= 0.6 is 0 Å². The van der Waals surface area contributed by atoms with Crippen molar-refractivity contribution in [2.75, 3.05) is 11.4 Å². The van der Waals surface area contributed by atoms with Gasteiger partial charge in [-0.15, -0.1) is 0 Å². The second-order valence-electron chi connectivity index (χ2n) is 4.35. The molecule has 0 saturated heterocycles. The maximum atomic E-state index is 12.3. The number of rotatable bonds is 5. The fraction of sp³-hybridized carbons (Fsp3) is 0.125. The van der Waals surface area contributed by atoms with E-state index >= 15 is 0 Å². The molecule has 1 amide bonds. The van der Waals surface area contributed by atoms with Crippen LogP contribution in [0.25, 0.3) is 0 Å². The summed E-state index contributed by atoms with van der Waals surface area (Å²) in [6, 6.07) is 17.9. The van der Waals surface area contributed by atoms with Crippen LogP contribution in [0.1, 0.15) is 5.56 Å². The van der Waals surface area contributed by atoms with Crippen LogP contribution in [0.5, 0.6) is 0 Å². The Morgan fingerprint density at radius 1 is 0.905 bits per heavy atom. The van der Waals surface area contributed by atoms with Gasteiger partial charge in [0, 0.05) is 5.69 Å². The molecule has 21 heavy (non-hydrogen) atoms. The molecule has 0 heterocycles. The Bertz CT molecular complexity index is 587. The first kappa shape index (κ1) is 17.4. The molecule has 0 bridgehead atoms. The summed E-state index contributed by atoms with van der Waals surface area (Å²) in [5.41, 5.74) is 1.40. The fourth-order valence-corrected chi connectivity index (χ4v) is 1.93. The Labute approximate surface area is 145 Å². The molecule has 0 aromatic heterocycles. The van der Waals surface area contributed by atoms with Crippen LogP contribution in [-0.2, 0) is 16.0 Å². The molecule has 0 aliphatic rings. The van der Waals surface area contributed by atoms with Gasteiger partial charge in [-0.1, -0.05) is 48.5 Å². The summed E-state index contributed by atoms with van der Waals surface area (Å²) in [6.45, 7) is -0.449. The normalized spacial score (nSPS) is 9.52. The van der Waals surface area contributed by atoms with Crippen LogP contribution in [0, 0.1) is 0 Å². The van der Waals surface area contributed by atoms with Crippen molar-refractivity contribution in [1.29, 1.82) is 0 Å². The summed E-state index contributed by atoms with van der Waals surface area (Å²) in [4.78, 5) is 24.3. The zero-order valence-electron chi connectivity index (χ0n) is 11.9. The summed E-state index contributed by atoms with van der Waals surface area (Å²) in [5, 5.41) is 10.8. The van der Waals surface area contributed by atoms with Gasteiger partial charge in [0.1, 0.15) is 0 Å². The summed E-state index contributed by atoms with van der Waals surface area (Å²) >= 11 is 0. The molecule has 0 radical (unpaired) electrons. The van der Waals surface area contributed by atoms with E-state index in [1.54, 1.807) is 24.3 Å². The molecule has 2 aromatic carbocycles. The number of anilines is 1. The van der Waals surface area contributed by atoms with E-state index < -0.39 is 12.5 Å². The zero-order chi connectivity index (χ0) is 14.4. The van der Waals surface area contributed by atoms with Crippen molar-refractivity contribution in [3.8, 4) is 0 Å². The maximum Gasteiger partial charge on any atom is 1.00 e. The minimum atomic E-state index is -1.28. The van der Waals surface area contributed by atoms with Crippen molar-refractivity contribution in [3.05, 3.63) is 66.2 Å². The van der Waals surface area contributed by atoms with E-state index in [4.69, 9.17) is 0 Å². The second kappa shape index (κ2) is 8.62. The predicted molar refractivity (Wildman–Crippen MR) is 73.9 cm³/mol. The molecule has 0 unspecified atom stereocenters. The summed E-state index contributed by atoms with van der Waals surface area (Å²) in [6.07, 6.45) is 0.156. The van der Waals surface area contributed by atoms with Crippen molar-refractivity contribution in [3.63, 3.8) is 0 Å². The molecule has 0 spiro atoms. The third-order valence-electron chi connectivity index (χ3n) is 2.85. The molecule has 0 atom stereocenters. The van der Waals surface area contributed by atoms with Gasteiger partial charge in [0.2, 0.25) is 5.91 Å². The number of carbonyl (C=O) groups excluding carboxylic acids is 2. The van der Waals surface area contributed by atoms with Crippen LogP contribution in [0.2, 0.25) is 0 Å². The standard InChI is InChI=1S/C16H15NO3.Na/c18-15(11-13-7-3-1-4-8-13)17(12-16(19)20)14-9-5-2-6-10-14;/h1-10H,11-12H2,(H,19,20);/q;+1/p-1. The van der Waals surface area contributed by atoms with E-state index in [-0.39, 0.29) is 41.9 Å². The molecule has 0 saturated carbocycles. The first-order chi connectivity index (χ1) is 9.66.